The largest absolute Gasteiger partial charge is 0.491 e. The molecule has 2 rings (SSSR count). The number of nitrogens with one attached hydrogen (secondary N) is 1. The number of fused-ring (bicyclic) bond motifs is 1. The van der Waals surface area contributed by atoms with Gasteiger partial charge in [-0.15, -0.1) is 0 Å². The number of nitrogens with two attached hydrogens (primary N) is 1. The number of benzene rings is 1. The van der Waals surface area contributed by atoms with Gasteiger partial charge in [0.15, 0.2) is 0 Å². The van der Waals surface area contributed by atoms with Gasteiger partial charge in [0, 0.05) is 6.04 Å². The molecule has 4 nitrogen and oxygen atoms in total. The SMILES string of the molecule is C[C@@H](N)c1ccc2c(c1)C(=O)NCCO2. The van der Waals surface area contributed by atoms with Crippen LogP contribution in [-0.4, -0.2) is 19.1 Å². The monoisotopic (exact) mass is 206 g/mol. The van der Waals surface area contributed by atoms with Gasteiger partial charge in [-0.3, -0.25) is 4.79 Å². The Kier molecular flexibility index (Phi) is 2.60. The van der Waals surface area contributed by atoms with Gasteiger partial charge in [-0.2, -0.15) is 0 Å². The maximum Gasteiger partial charge on any atom is 0.255 e. The fraction of sp³-hybridized carbons (Fsp3) is 0.364. The molecule has 0 bridgehead atoms. The lowest BCUT2D eigenvalue weighted by Crippen LogP contribution is -2.24. The van der Waals surface area contributed by atoms with Crippen molar-refractivity contribution >= 4 is 5.91 Å². The van der Waals surface area contributed by atoms with Crippen molar-refractivity contribution in [3.05, 3.63) is 29.3 Å². The summed E-state index contributed by atoms with van der Waals surface area (Å²) in [5, 5.41) is 2.76. The highest BCUT2D eigenvalue weighted by atomic mass is 16.5. The van der Waals surface area contributed by atoms with Crippen molar-refractivity contribution in [2.75, 3.05) is 13.2 Å². The predicted octanol–water partition coefficient (Wildman–Crippen LogP) is 0.829. The highest BCUT2D eigenvalue weighted by molar-refractivity contribution is 5.97. The molecule has 0 unspecified atom stereocenters. The Morgan fingerprint density at radius 3 is 3.07 bits per heavy atom. The van der Waals surface area contributed by atoms with Crippen LogP contribution >= 0.6 is 0 Å². The van der Waals surface area contributed by atoms with Crippen LogP contribution in [0.1, 0.15) is 28.9 Å². The van der Waals surface area contributed by atoms with Crippen molar-refractivity contribution in [2.24, 2.45) is 5.73 Å². The molecule has 1 aliphatic heterocycles. The average molecular weight is 206 g/mol. The van der Waals surface area contributed by atoms with Crippen LogP contribution in [0.3, 0.4) is 0 Å². The van der Waals surface area contributed by atoms with Crippen LogP contribution in [0.25, 0.3) is 0 Å². The molecule has 80 valence electrons. The second kappa shape index (κ2) is 3.90. The zero-order chi connectivity index (χ0) is 10.8. The van der Waals surface area contributed by atoms with E-state index < -0.39 is 0 Å². The molecule has 0 aromatic heterocycles. The van der Waals surface area contributed by atoms with Gasteiger partial charge in [-0.25, -0.2) is 0 Å². The molecular weight excluding hydrogens is 192 g/mol. The first-order valence-corrected chi connectivity index (χ1v) is 4.99. The smallest absolute Gasteiger partial charge is 0.255 e. The number of hydrogen-bond donors (Lipinski definition) is 2. The van der Waals surface area contributed by atoms with Crippen LogP contribution < -0.4 is 15.8 Å². The van der Waals surface area contributed by atoms with E-state index in [0.717, 1.165) is 5.56 Å². The van der Waals surface area contributed by atoms with E-state index in [1.165, 1.54) is 0 Å². The van der Waals surface area contributed by atoms with Gasteiger partial charge in [-0.05, 0) is 24.6 Å². The Morgan fingerprint density at radius 2 is 2.33 bits per heavy atom. The third-order valence-electron chi connectivity index (χ3n) is 2.42. The molecule has 0 aliphatic carbocycles. The number of hydrogen-bond acceptors (Lipinski definition) is 3. The third-order valence-corrected chi connectivity index (χ3v) is 2.42. The summed E-state index contributed by atoms with van der Waals surface area (Å²) < 4.78 is 5.43. The Labute approximate surface area is 88.4 Å². The molecule has 0 saturated heterocycles. The summed E-state index contributed by atoms with van der Waals surface area (Å²) >= 11 is 0. The van der Waals surface area contributed by atoms with Crippen LogP contribution in [-0.2, 0) is 0 Å². The molecule has 1 amide bonds. The van der Waals surface area contributed by atoms with E-state index in [1.807, 2.05) is 13.0 Å². The summed E-state index contributed by atoms with van der Waals surface area (Å²) in [6, 6.07) is 5.41. The minimum Gasteiger partial charge on any atom is -0.491 e. The van der Waals surface area contributed by atoms with Crippen molar-refractivity contribution in [3.8, 4) is 5.75 Å². The van der Waals surface area contributed by atoms with E-state index in [2.05, 4.69) is 5.32 Å². The lowest BCUT2D eigenvalue weighted by molar-refractivity contribution is 0.0957. The molecule has 1 heterocycles. The summed E-state index contributed by atoms with van der Waals surface area (Å²) in [6.07, 6.45) is 0. The lowest BCUT2D eigenvalue weighted by atomic mass is 10.0. The first kappa shape index (κ1) is 9.98. The quantitative estimate of drug-likeness (QED) is 0.715. The molecule has 0 radical (unpaired) electrons. The molecule has 0 spiro atoms. The van der Waals surface area contributed by atoms with Gasteiger partial charge >= 0.3 is 0 Å². The maximum absolute atomic E-state index is 11.6. The van der Waals surface area contributed by atoms with Gasteiger partial charge in [0.1, 0.15) is 12.4 Å². The summed E-state index contributed by atoms with van der Waals surface area (Å²) in [5.41, 5.74) is 7.27. The topological polar surface area (TPSA) is 64.4 Å². The zero-order valence-electron chi connectivity index (χ0n) is 8.62. The Bertz CT molecular complexity index is 388. The van der Waals surface area contributed by atoms with E-state index >= 15 is 0 Å². The van der Waals surface area contributed by atoms with Gasteiger partial charge in [-0.1, -0.05) is 6.07 Å². The molecule has 15 heavy (non-hydrogen) atoms. The zero-order valence-corrected chi connectivity index (χ0v) is 8.62. The molecular formula is C11H14N2O2. The van der Waals surface area contributed by atoms with Gasteiger partial charge < -0.3 is 15.8 Å². The number of carbonyl (C=O) groups excluding carboxylic acids is 1. The standard InChI is InChI=1S/C11H14N2O2/c1-7(12)8-2-3-10-9(6-8)11(14)13-4-5-15-10/h2-3,6-7H,4-5,12H2,1H3,(H,13,14)/t7-/m1/s1. The number of rotatable bonds is 1. The van der Waals surface area contributed by atoms with Crippen molar-refractivity contribution in [1.29, 1.82) is 0 Å². The number of carbonyl (C=O) groups is 1. The minimum absolute atomic E-state index is 0.0775. The van der Waals surface area contributed by atoms with Gasteiger partial charge in [0.05, 0.1) is 12.1 Å². The summed E-state index contributed by atoms with van der Waals surface area (Å²) in [7, 11) is 0. The number of ether oxygens (including phenoxy) is 1. The predicted molar refractivity (Wildman–Crippen MR) is 56.9 cm³/mol. The van der Waals surface area contributed by atoms with E-state index in [0.29, 0.717) is 24.5 Å². The van der Waals surface area contributed by atoms with E-state index in [-0.39, 0.29) is 11.9 Å². The van der Waals surface area contributed by atoms with Crippen LogP contribution in [0, 0.1) is 0 Å². The van der Waals surface area contributed by atoms with Gasteiger partial charge in [0.2, 0.25) is 0 Å². The van der Waals surface area contributed by atoms with Crippen LogP contribution in [0.5, 0.6) is 5.75 Å². The maximum atomic E-state index is 11.6. The Balaban J connectivity index is 2.44. The van der Waals surface area contributed by atoms with Crippen LogP contribution in [0.2, 0.25) is 0 Å². The van der Waals surface area contributed by atoms with Crippen molar-refractivity contribution < 1.29 is 9.53 Å². The van der Waals surface area contributed by atoms with E-state index in [4.69, 9.17) is 10.5 Å². The van der Waals surface area contributed by atoms with Crippen molar-refractivity contribution in [1.82, 2.24) is 5.32 Å². The van der Waals surface area contributed by atoms with Crippen LogP contribution in [0.4, 0.5) is 0 Å². The molecule has 1 aliphatic rings. The van der Waals surface area contributed by atoms with E-state index in [1.54, 1.807) is 12.1 Å². The third kappa shape index (κ3) is 1.94. The molecule has 4 heteroatoms. The minimum atomic E-state index is -0.0926. The lowest BCUT2D eigenvalue weighted by Gasteiger charge is -2.10. The summed E-state index contributed by atoms with van der Waals surface area (Å²) in [4.78, 5) is 11.6. The normalized spacial score (nSPS) is 17.1. The molecule has 1 aromatic rings. The second-order valence-corrected chi connectivity index (χ2v) is 3.65. The molecule has 1 atom stereocenters. The van der Waals surface area contributed by atoms with Gasteiger partial charge in [0.25, 0.3) is 5.91 Å². The summed E-state index contributed by atoms with van der Waals surface area (Å²) in [5.74, 6) is 0.541. The van der Waals surface area contributed by atoms with E-state index in [9.17, 15) is 4.79 Å². The fourth-order valence-corrected chi connectivity index (χ4v) is 1.55. The highest BCUT2D eigenvalue weighted by Crippen LogP contribution is 2.23. The first-order valence-electron chi connectivity index (χ1n) is 4.99. The number of amides is 1. The van der Waals surface area contributed by atoms with Crippen LogP contribution in [0.15, 0.2) is 18.2 Å². The summed E-state index contributed by atoms with van der Waals surface area (Å²) in [6.45, 7) is 2.94. The molecule has 3 N–H and O–H groups in total. The average Bonchev–Trinajstić information content (AvgIpc) is 2.40. The molecule has 0 saturated carbocycles. The second-order valence-electron chi connectivity index (χ2n) is 3.65. The highest BCUT2D eigenvalue weighted by Gasteiger charge is 2.17. The fourth-order valence-electron chi connectivity index (χ4n) is 1.55. The molecule has 0 fully saturated rings. The Hall–Kier alpha value is -1.55. The van der Waals surface area contributed by atoms with Crippen molar-refractivity contribution in [3.63, 3.8) is 0 Å². The molecule has 1 aromatic carbocycles. The van der Waals surface area contributed by atoms with Crippen molar-refractivity contribution in [2.45, 2.75) is 13.0 Å². The first-order chi connectivity index (χ1) is 7.18. The Morgan fingerprint density at radius 1 is 1.53 bits per heavy atom.